The quantitative estimate of drug-likeness (QED) is 0.571. The number of hydrogen-bond acceptors (Lipinski definition) is 6. The molecule has 0 bridgehead atoms. The molecule has 29 heavy (non-hydrogen) atoms. The summed E-state index contributed by atoms with van der Waals surface area (Å²) in [6.45, 7) is 7.08. The second-order valence-electron chi connectivity index (χ2n) is 7.90. The van der Waals surface area contributed by atoms with Crippen LogP contribution >= 0.6 is 0 Å². The van der Waals surface area contributed by atoms with Gasteiger partial charge in [0, 0.05) is 36.9 Å². The van der Waals surface area contributed by atoms with Crippen molar-refractivity contribution in [1.29, 1.82) is 0 Å². The number of carbonyl (C=O) groups is 3. The third-order valence-electron chi connectivity index (χ3n) is 4.91. The number of hydrogen-bond donors (Lipinski definition) is 3. The number of piperidine rings is 1. The summed E-state index contributed by atoms with van der Waals surface area (Å²) < 4.78 is 5.04. The van der Waals surface area contributed by atoms with E-state index in [9.17, 15) is 14.4 Å². The lowest BCUT2D eigenvalue weighted by Gasteiger charge is -2.33. The lowest BCUT2D eigenvalue weighted by atomic mass is 9.95. The van der Waals surface area contributed by atoms with E-state index < -0.39 is 12.1 Å². The second-order valence-corrected chi connectivity index (χ2v) is 7.90. The molecular formula is C21H32N4O4. The molecule has 160 valence electrons. The summed E-state index contributed by atoms with van der Waals surface area (Å²) in [5.74, 6) is -0.244. The van der Waals surface area contributed by atoms with E-state index in [2.05, 4.69) is 15.5 Å². The first kappa shape index (κ1) is 22.5. The van der Waals surface area contributed by atoms with Crippen LogP contribution in [0.2, 0.25) is 0 Å². The Morgan fingerprint density at radius 3 is 2.52 bits per heavy atom. The van der Waals surface area contributed by atoms with E-state index in [4.69, 9.17) is 10.5 Å². The van der Waals surface area contributed by atoms with Crippen molar-refractivity contribution in [2.24, 2.45) is 11.8 Å². The Bertz CT molecular complexity index is 714. The Balaban J connectivity index is 1.79. The molecule has 2 rings (SSSR count). The third kappa shape index (κ3) is 7.29. The van der Waals surface area contributed by atoms with Gasteiger partial charge in [0.2, 0.25) is 5.91 Å². The number of anilines is 2. The number of Topliss-reactive ketones (excluding diaryl/α,β-unsaturated/α-hetero) is 1. The number of nitrogens with one attached hydrogen (secondary N) is 2. The van der Waals surface area contributed by atoms with Crippen molar-refractivity contribution in [3.63, 3.8) is 0 Å². The maximum Gasteiger partial charge on any atom is 0.407 e. The number of ether oxygens (including phenoxy) is 1. The number of carbonyl (C=O) groups excluding carboxylic acids is 3. The summed E-state index contributed by atoms with van der Waals surface area (Å²) in [6, 6.07) is 6.91. The van der Waals surface area contributed by atoms with Gasteiger partial charge in [0.05, 0.1) is 6.61 Å². The highest BCUT2D eigenvalue weighted by Crippen LogP contribution is 2.24. The molecule has 2 amide bonds. The first-order valence-electron chi connectivity index (χ1n) is 10.1. The normalized spacial score (nSPS) is 15.7. The minimum atomic E-state index is -0.800. The van der Waals surface area contributed by atoms with E-state index in [1.54, 1.807) is 0 Å². The first-order valence-corrected chi connectivity index (χ1v) is 10.1. The van der Waals surface area contributed by atoms with Crippen molar-refractivity contribution in [1.82, 2.24) is 10.6 Å². The van der Waals surface area contributed by atoms with Crippen LogP contribution in [0.3, 0.4) is 0 Å². The van der Waals surface area contributed by atoms with Crippen LogP contribution < -0.4 is 21.3 Å². The van der Waals surface area contributed by atoms with Crippen molar-refractivity contribution >= 4 is 29.2 Å². The smallest absolute Gasteiger partial charge is 0.407 e. The first-order chi connectivity index (χ1) is 13.8. The van der Waals surface area contributed by atoms with Crippen molar-refractivity contribution in [2.75, 3.05) is 36.9 Å². The number of alkyl carbamates (subject to hydrolysis) is 1. The molecule has 1 aromatic rings. The van der Waals surface area contributed by atoms with Gasteiger partial charge in [-0.05, 0) is 43.9 Å². The van der Waals surface area contributed by atoms with Gasteiger partial charge in [-0.15, -0.1) is 0 Å². The van der Waals surface area contributed by atoms with E-state index in [1.807, 2.05) is 38.1 Å². The molecule has 1 aliphatic rings. The van der Waals surface area contributed by atoms with Gasteiger partial charge in [0.25, 0.3) is 0 Å². The number of amides is 2. The zero-order valence-electron chi connectivity index (χ0n) is 17.4. The molecule has 1 atom stereocenters. The Morgan fingerprint density at radius 2 is 1.93 bits per heavy atom. The average Bonchev–Trinajstić information content (AvgIpc) is 2.69. The Kier molecular flexibility index (Phi) is 8.30. The molecule has 1 aromatic carbocycles. The fourth-order valence-corrected chi connectivity index (χ4v) is 3.19. The van der Waals surface area contributed by atoms with Crippen LogP contribution in [0, 0.1) is 11.8 Å². The van der Waals surface area contributed by atoms with Gasteiger partial charge >= 0.3 is 6.09 Å². The van der Waals surface area contributed by atoms with Crippen LogP contribution in [0.5, 0.6) is 0 Å². The maximum absolute atomic E-state index is 12.5. The van der Waals surface area contributed by atoms with E-state index in [-0.39, 0.29) is 36.7 Å². The molecule has 0 aliphatic carbocycles. The molecule has 0 radical (unpaired) electrons. The Morgan fingerprint density at radius 1 is 1.24 bits per heavy atom. The molecule has 0 aromatic heterocycles. The van der Waals surface area contributed by atoms with Gasteiger partial charge < -0.3 is 26.0 Å². The van der Waals surface area contributed by atoms with Crippen LogP contribution in [-0.4, -0.2) is 50.1 Å². The lowest BCUT2D eigenvalue weighted by Crippen LogP contribution is -2.49. The monoisotopic (exact) mass is 404 g/mol. The molecule has 0 saturated carbocycles. The van der Waals surface area contributed by atoms with Gasteiger partial charge in [0.15, 0.2) is 5.78 Å². The summed E-state index contributed by atoms with van der Waals surface area (Å²) in [6.07, 6.45) is 0.786. The van der Waals surface area contributed by atoms with Crippen LogP contribution in [0.1, 0.15) is 33.6 Å². The largest absolute Gasteiger partial charge is 0.449 e. The van der Waals surface area contributed by atoms with Crippen molar-refractivity contribution in [3.05, 3.63) is 24.3 Å². The molecular weight excluding hydrogens is 372 g/mol. The summed E-state index contributed by atoms with van der Waals surface area (Å²) >= 11 is 0. The highest BCUT2D eigenvalue weighted by Gasteiger charge is 2.26. The third-order valence-corrected chi connectivity index (χ3v) is 4.91. The van der Waals surface area contributed by atoms with Gasteiger partial charge in [-0.25, -0.2) is 4.79 Å². The Labute approximate surface area is 172 Å². The molecule has 1 fully saturated rings. The standard InChI is InChI=1S/C21H32N4O4/c1-14(2)13-29-21(28)24-19(15(3)26)12-23-20(27)16-7-9-25(10-8-16)18-6-4-5-17(22)11-18/h4-6,11,14,16,19H,7-10,12-13,22H2,1-3H3,(H,23,27)(H,24,28)/t19-/m0/s1. The van der Waals surface area contributed by atoms with Gasteiger partial charge in [-0.1, -0.05) is 19.9 Å². The van der Waals surface area contributed by atoms with E-state index >= 15 is 0 Å². The zero-order valence-corrected chi connectivity index (χ0v) is 17.4. The van der Waals surface area contributed by atoms with Crippen molar-refractivity contribution in [2.45, 2.75) is 39.7 Å². The summed E-state index contributed by atoms with van der Waals surface area (Å²) in [5, 5.41) is 5.32. The summed E-state index contributed by atoms with van der Waals surface area (Å²) in [5.41, 5.74) is 7.62. The highest BCUT2D eigenvalue weighted by molar-refractivity contribution is 5.87. The Hall–Kier alpha value is -2.77. The van der Waals surface area contributed by atoms with Crippen molar-refractivity contribution < 1.29 is 19.1 Å². The molecule has 8 nitrogen and oxygen atoms in total. The number of nitrogens with zero attached hydrogens (tertiary/aromatic N) is 1. The number of nitrogens with two attached hydrogens (primary N) is 1. The fraction of sp³-hybridized carbons (Fsp3) is 0.571. The van der Waals surface area contributed by atoms with Crippen LogP contribution in [-0.2, 0) is 14.3 Å². The molecule has 0 spiro atoms. The topological polar surface area (TPSA) is 114 Å². The summed E-state index contributed by atoms with van der Waals surface area (Å²) in [4.78, 5) is 38.3. The average molecular weight is 405 g/mol. The van der Waals surface area contributed by atoms with Crippen LogP contribution in [0.25, 0.3) is 0 Å². The number of rotatable bonds is 8. The van der Waals surface area contributed by atoms with Crippen LogP contribution in [0.4, 0.5) is 16.2 Å². The van der Waals surface area contributed by atoms with Gasteiger partial charge in [0.1, 0.15) is 6.04 Å². The van der Waals surface area contributed by atoms with Gasteiger partial charge in [-0.2, -0.15) is 0 Å². The van der Waals surface area contributed by atoms with Crippen LogP contribution in [0.15, 0.2) is 24.3 Å². The number of ketones is 1. The number of nitrogen functional groups attached to an aromatic ring is 1. The summed E-state index contributed by atoms with van der Waals surface area (Å²) in [7, 11) is 0. The predicted molar refractivity (Wildman–Crippen MR) is 113 cm³/mol. The lowest BCUT2D eigenvalue weighted by molar-refractivity contribution is -0.126. The molecule has 1 saturated heterocycles. The molecule has 1 aliphatic heterocycles. The van der Waals surface area contributed by atoms with E-state index in [1.165, 1.54) is 6.92 Å². The minimum absolute atomic E-state index is 0.0559. The fourth-order valence-electron chi connectivity index (χ4n) is 3.19. The van der Waals surface area contributed by atoms with Gasteiger partial charge in [-0.3, -0.25) is 9.59 Å². The molecule has 1 heterocycles. The van der Waals surface area contributed by atoms with Crippen molar-refractivity contribution in [3.8, 4) is 0 Å². The minimum Gasteiger partial charge on any atom is -0.449 e. The molecule has 0 unspecified atom stereocenters. The van der Waals surface area contributed by atoms with E-state index in [0.717, 1.165) is 37.3 Å². The zero-order chi connectivity index (χ0) is 21.4. The highest BCUT2D eigenvalue weighted by atomic mass is 16.5. The number of benzene rings is 1. The molecule has 8 heteroatoms. The van der Waals surface area contributed by atoms with E-state index in [0.29, 0.717) is 0 Å². The predicted octanol–water partition coefficient (Wildman–Crippen LogP) is 1.94. The maximum atomic E-state index is 12.5. The SMILES string of the molecule is CC(=O)[C@H](CNC(=O)C1CCN(c2cccc(N)c2)CC1)NC(=O)OCC(C)C. The second kappa shape index (κ2) is 10.7. The molecule has 4 N–H and O–H groups in total.